The summed E-state index contributed by atoms with van der Waals surface area (Å²) >= 11 is 1.25. The molecule has 3 rings (SSSR count). The first-order valence-corrected chi connectivity index (χ1v) is 10.4. The van der Waals surface area contributed by atoms with Crippen LogP contribution < -0.4 is 21.1 Å². The number of rotatable bonds is 8. The number of alkyl halides is 3. The molecule has 0 saturated carbocycles. The molecule has 0 spiro atoms. The average molecular weight is 464 g/mol. The number of aryl methyl sites for hydroxylation is 1. The second kappa shape index (κ2) is 10.2. The summed E-state index contributed by atoms with van der Waals surface area (Å²) in [6, 6.07) is 12.5. The fourth-order valence-electron chi connectivity index (χ4n) is 2.56. The summed E-state index contributed by atoms with van der Waals surface area (Å²) in [6.07, 6.45) is -4.77. The van der Waals surface area contributed by atoms with E-state index in [4.69, 9.17) is 5.73 Å². The highest BCUT2D eigenvalue weighted by Gasteiger charge is 2.30. The Kier molecular flexibility index (Phi) is 7.36. The Labute approximate surface area is 185 Å². The lowest BCUT2D eigenvalue weighted by molar-refractivity contribution is -0.274. The third-order valence-electron chi connectivity index (χ3n) is 3.93. The van der Waals surface area contributed by atoms with Crippen LogP contribution in [-0.2, 0) is 10.5 Å². The Balaban J connectivity index is 1.51. The summed E-state index contributed by atoms with van der Waals surface area (Å²) in [5, 5.41) is 5.69. The van der Waals surface area contributed by atoms with Crippen LogP contribution in [0.4, 0.5) is 36.4 Å². The van der Waals surface area contributed by atoms with Gasteiger partial charge in [-0.1, -0.05) is 18.2 Å². The number of benzene rings is 2. The van der Waals surface area contributed by atoms with Crippen LogP contribution in [0.5, 0.6) is 5.75 Å². The number of nitrogen functional groups attached to an aromatic ring is 1. The number of halogens is 3. The van der Waals surface area contributed by atoms with E-state index in [0.29, 0.717) is 23.2 Å². The second-order valence-electron chi connectivity index (χ2n) is 6.49. The number of hydrogen-bond donors (Lipinski definition) is 3. The summed E-state index contributed by atoms with van der Waals surface area (Å²) in [5.41, 5.74) is 7.96. The van der Waals surface area contributed by atoms with E-state index in [1.54, 1.807) is 0 Å². The van der Waals surface area contributed by atoms with E-state index < -0.39 is 6.36 Å². The maximum Gasteiger partial charge on any atom is 0.573 e. The zero-order valence-corrected chi connectivity index (χ0v) is 17.6. The second-order valence-corrected chi connectivity index (χ2v) is 7.47. The molecular weight excluding hydrogens is 445 g/mol. The van der Waals surface area contributed by atoms with Crippen LogP contribution >= 0.6 is 11.8 Å². The number of hydrogen-bond acceptors (Lipinski definition) is 8. The molecule has 2 aromatic carbocycles. The van der Waals surface area contributed by atoms with Gasteiger partial charge < -0.3 is 21.1 Å². The largest absolute Gasteiger partial charge is 0.573 e. The molecule has 0 aliphatic rings. The van der Waals surface area contributed by atoms with E-state index in [-0.39, 0.29) is 23.4 Å². The monoisotopic (exact) mass is 464 g/mol. The molecule has 4 N–H and O–H groups in total. The fourth-order valence-corrected chi connectivity index (χ4v) is 3.24. The van der Waals surface area contributed by atoms with Crippen LogP contribution in [0.25, 0.3) is 0 Å². The van der Waals surface area contributed by atoms with Crippen molar-refractivity contribution in [2.45, 2.75) is 19.0 Å². The highest BCUT2D eigenvalue weighted by molar-refractivity contribution is 7.99. The molecule has 8 nitrogen and oxygen atoms in total. The van der Waals surface area contributed by atoms with Crippen LogP contribution in [0.1, 0.15) is 11.4 Å². The van der Waals surface area contributed by atoms with Crippen molar-refractivity contribution in [3.8, 4) is 5.75 Å². The SMILES string of the molecule is Cc1ccccc1Nc1nc(N)nc(CSCC(=O)Nc2ccc(OC(F)(F)F)cc2)n1. The van der Waals surface area contributed by atoms with Crippen molar-refractivity contribution in [3.05, 3.63) is 59.9 Å². The van der Waals surface area contributed by atoms with Crippen molar-refractivity contribution in [1.29, 1.82) is 0 Å². The van der Waals surface area contributed by atoms with Gasteiger partial charge in [0.25, 0.3) is 0 Å². The Morgan fingerprint density at radius 3 is 2.50 bits per heavy atom. The number of aromatic nitrogens is 3. The van der Waals surface area contributed by atoms with Crippen molar-refractivity contribution in [2.75, 3.05) is 22.1 Å². The van der Waals surface area contributed by atoms with Crippen molar-refractivity contribution in [2.24, 2.45) is 0 Å². The molecule has 168 valence electrons. The highest BCUT2D eigenvalue weighted by atomic mass is 32.2. The average Bonchev–Trinajstić information content (AvgIpc) is 2.70. The van der Waals surface area contributed by atoms with Crippen molar-refractivity contribution < 1.29 is 22.7 Å². The topological polar surface area (TPSA) is 115 Å². The van der Waals surface area contributed by atoms with E-state index >= 15 is 0 Å². The highest BCUT2D eigenvalue weighted by Crippen LogP contribution is 2.24. The number of thioether (sulfide) groups is 1. The molecule has 0 aliphatic heterocycles. The maximum atomic E-state index is 12.2. The minimum atomic E-state index is -4.77. The molecule has 32 heavy (non-hydrogen) atoms. The minimum absolute atomic E-state index is 0.0531. The lowest BCUT2D eigenvalue weighted by atomic mass is 10.2. The first-order chi connectivity index (χ1) is 15.2. The third-order valence-corrected chi connectivity index (χ3v) is 4.86. The van der Waals surface area contributed by atoms with E-state index in [1.807, 2.05) is 31.2 Å². The number of anilines is 4. The summed E-state index contributed by atoms with van der Waals surface area (Å²) in [4.78, 5) is 24.6. The van der Waals surface area contributed by atoms with Gasteiger partial charge >= 0.3 is 6.36 Å². The van der Waals surface area contributed by atoms with Crippen LogP contribution in [0.3, 0.4) is 0 Å². The molecule has 1 aromatic heterocycles. The summed E-state index contributed by atoms with van der Waals surface area (Å²) < 4.78 is 40.3. The van der Waals surface area contributed by atoms with Gasteiger partial charge in [-0.25, -0.2) is 0 Å². The zero-order chi connectivity index (χ0) is 23.1. The first kappa shape index (κ1) is 23.1. The van der Waals surface area contributed by atoms with Gasteiger partial charge in [-0.3, -0.25) is 4.79 Å². The van der Waals surface area contributed by atoms with Gasteiger partial charge in [-0.05, 0) is 42.8 Å². The standard InChI is InChI=1S/C20H19F3N6O2S/c1-12-4-2-3-5-15(12)26-19-28-16(27-18(24)29-19)10-32-11-17(30)25-13-6-8-14(9-7-13)31-20(21,22)23/h2-9H,10-11H2,1H3,(H,25,30)(H3,24,26,27,28,29). The quantitative estimate of drug-likeness (QED) is 0.453. The third kappa shape index (κ3) is 7.30. The predicted molar refractivity (Wildman–Crippen MR) is 117 cm³/mol. The van der Waals surface area contributed by atoms with Gasteiger partial charge in [-0.15, -0.1) is 24.9 Å². The first-order valence-electron chi connectivity index (χ1n) is 9.24. The molecule has 12 heteroatoms. The Bertz CT molecular complexity index is 1080. The van der Waals surface area contributed by atoms with Crippen molar-refractivity contribution in [3.63, 3.8) is 0 Å². The van der Waals surface area contributed by atoms with Crippen LogP contribution in [0.15, 0.2) is 48.5 Å². The van der Waals surface area contributed by atoms with Gasteiger partial charge in [0.1, 0.15) is 11.6 Å². The number of nitrogens with zero attached hydrogens (tertiary/aromatic N) is 3. The van der Waals surface area contributed by atoms with Crippen LogP contribution in [-0.4, -0.2) is 33.0 Å². The molecular formula is C20H19F3N6O2S. The molecule has 1 amide bonds. The molecule has 0 bridgehead atoms. The number of para-hydroxylation sites is 1. The normalized spacial score (nSPS) is 11.1. The molecule has 0 radical (unpaired) electrons. The number of nitrogens with two attached hydrogens (primary N) is 1. The fraction of sp³-hybridized carbons (Fsp3) is 0.200. The number of carbonyl (C=O) groups is 1. The van der Waals surface area contributed by atoms with Crippen LogP contribution in [0.2, 0.25) is 0 Å². The van der Waals surface area contributed by atoms with E-state index in [0.717, 1.165) is 23.4 Å². The van der Waals surface area contributed by atoms with Crippen molar-refractivity contribution >= 4 is 40.9 Å². The smallest absolute Gasteiger partial charge is 0.406 e. The van der Waals surface area contributed by atoms with E-state index in [9.17, 15) is 18.0 Å². The summed E-state index contributed by atoms with van der Waals surface area (Å²) in [5.74, 6) is 0.436. The zero-order valence-electron chi connectivity index (χ0n) is 16.8. The molecule has 1 heterocycles. The van der Waals surface area contributed by atoms with Gasteiger partial charge in [0.05, 0.1) is 11.5 Å². The molecule has 0 atom stereocenters. The Hall–Kier alpha value is -3.54. The molecule has 0 aliphatic carbocycles. The number of ether oxygens (including phenoxy) is 1. The molecule has 0 unspecified atom stereocenters. The van der Waals surface area contributed by atoms with Crippen molar-refractivity contribution in [1.82, 2.24) is 15.0 Å². The molecule has 3 aromatic rings. The lowest BCUT2D eigenvalue weighted by Crippen LogP contribution is -2.17. The number of carbonyl (C=O) groups excluding carboxylic acids is 1. The summed E-state index contributed by atoms with van der Waals surface area (Å²) in [6.45, 7) is 1.94. The lowest BCUT2D eigenvalue weighted by Gasteiger charge is -2.10. The van der Waals surface area contributed by atoms with Gasteiger partial charge in [-0.2, -0.15) is 15.0 Å². The summed E-state index contributed by atoms with van der Waals surface area (Å²) in [7, 11) is 0. The number of amides is 1. The van der Waals surface area contributed by atoms with Gasteiger partial charge in [0.15, 0.2) is 0 Å². The van der Waals surface area contributed by atoms with Gasteiger partial charge in [0.2, 0.25) is 17.8 Å². The predicted octanol–water partition coefficient (Wildman–Crippen LogP) is 4.28. The Morgan fingerprint density at radius 2 is 1.81 bits per heavy atom. The molecule has 0 saturated heterocycles. The van der Waals surface area contributed by atoms with E-state index in [1.165, 1.54) is 23.9 Å². The van der Waals surface area contributed by atoms with Crippen LogP contribution in [0, 0.1) is 6.92 Å². The van der Waals surface area contributed by atoms with Gasteiger partial charge in [0, 0.05) is 11.4 Å². The maximum absolute atomic E-state index is 12.2. The van der Waals surface area contributed by atoms with E-state index in [2.05, 4.69) is 30.3 Å². The minimum Gasteiger partial charge on any atom is -0.406 e. The Morgan fingerprint density at radius 1 is 1.09 bits per heavy atom. The molecule has 0 fully saturated rings. The number of nitrogens with one attached hydrogen (secondary N) is 2.